The zero-order valence-electron chi connectivity index (χ0n) is 22.9. The van der Waals surface area contributed by atoms with Crippen molar-refractivity contribution in [1.82, 2.24) is 9.69 Å². The van der Waals surface area contributed by atoms with Gasteiger partial charge in [-0.05, 0) is 79.2 Å². The van der Waals surface area contributed by atoms with E-state index in [-0.39, 0.29) is 28.9 Å². The van der Waals surface area contributed by atoms with Crippen molar-refractivity contribution in [2.75, 3.05) is 38.0 Å². The van der Waals surface area contributed by atoms with Gasteiger partial charge in [-0.15, -0.1) is 0 Å². The zero-order valence-corrected chi connectivity index (χ0v) is 23.7. The SMILES string of the molecule is COc1ccc([C@H](C(=O)NC[C@@H]2CCCO2)N(C(=O)c2snc(C(N)=O)c2N)c2cc(C)cc(C)c2)cc1OC. The molecule has 0 unspecified atom stereocenters. The first-order valence-corrected chi connectivity index (χ1v) is 13.5. The molecule has 2 heterocycles. The van der Waals surface area contributed by atoms with Crippen LogP contribution in [0.3, 0.4) is 0 Å². The summed E-state index contributed by atoms with van der Waals surface area (Å²) in [6.07, 6.45) is 1.63. The van der Waals surface area contributed by atoms with Crippen LogP contribution < -0.4 is 31.2 Å². The Hall–Kier alpha value is -4.16. The average Bonchev–Trinajstić information content (AvgIpc) is 3.58. The van der Waals surface area contributed by atoms with Gasteiger partial charge < -0.3 is 31.0 Å². The maximum atomic E-state index is 14.3. The number of ether oxygens (including phenoxy) is 3. The number of primary amides is 1. The smallest absolute Gasteiger partial charge is 0.273 e. The number of nitrogens with two attached hydrogens (primary N) is 2. The Kier molecular flexibility index (Phi) is 8.90. The normalized spacial score (nSPS) is 15.3. The molecule has 1 aliphatic rings. The molecule has 2 aromatic carbocycles. The molecular weight excluding hydrogens is 534 g/mol. The number of methoxy groups -OCH3 is 2. The zero-order chi connectivity index (χ0) is 29.0. The number of nitrogen functional groups attached to an aromatic ring is 1. The first kappa shape index (κ1) is 28.8. The van der Waals surface area contributed by atoms with E-state index in [0.717, 1.165) is 35.5 Å². The third-order valence-electron chi connectivity index (χ3n) is 6.62. The minimum Gasteiger partial charge on any atom is -0.493 e. The van der Waals surface area contributed by atoms with Crippen LogP contribution in [0.5, 0.6) is 11.5 Å². The fourth-order valence-corrected chi connectivity index (χ4v) is 5.51. The molecule has 0 spiro atoms. The molecule has 1 aliphatic heterocycles. The number of hydrogen-bond acceptors (Lipinski definition) is 9. The van der Waals surface area contributed by atoms with E-state index in [1.165, 1.54) is 19.1 Å². The predicted molar refractivity (Wildman–Crippen MR) is 152 cm³/mol. The number of hydrogen-bond donors (Lipinski definition) is 3. The molecule has 2 atom stereocenters. The van der Waals surface area contributed by atoms with Crippen LogP contribution in [0.15, 0.2) is 36.4 Å². The largest absolute Gasteiger partial charge is 0.493 e. The van der Waals surface area contributed by atoms with Crippen LogP contribution in [0, 0.1) is 13.8 Å². The van der Waals surface area contributed by atoms with Crippen LogP contribution in [0.2, 0.25) is 0 Å². The van der Waals surface area contributed by atoms with Crippen LogP contribution in [0.25, 0.3) is 0 Å². The summed E-state index contributed by atoms with van der Waals surface area (Å²) in [5.41, 5.74) is 13.9. The van der Waals surface area contributed by atoms with E-state index in [2.05, 4.69) is 9.69 Å². The maximum absolute atomic E-state index is 14.3. The van der Waals surface area contributed by atoms with Crippen molar-refractivity contribution in [2.24, 2.45) is 5.73 Å². The quantitative estimate of drug-likeness (QED) is 0.337. The highest BCUT2D eigenvalue weighted by atomic mass is 32.1. The summed E-state index contributed by atoms with van der Waals surface area (Å²) in [6, 6.07) is 9.44. The van der Waals surface area contributed by atoms with Gasteiger partial charge in [0.1, 0.15) is 10.9 Å². The summed E-state index contributed by atoms with van der Waals surface area (Å²) < 4.78 is 20.6. The van der Waals surface area contributed by atoms with Crippen LogP contribution in [0.4, 0.5) is 11.4 Å². The molecule has 5 N–H and O–H groups in total. The first-order valence-electron chi connectivity index (χ1n) is 12.7. The lowest BCUT2D eigenvalue weighted by molar-refractivity contribution is -0.123. The number of carbonyl (C=O) groups excluding carboxylic acids is 3. The van der Waals surface area contributed by atoms with Gasteiger partial charge in [-0.2, -0.15) is 4.37 Å². The fraction of sp³-hybridized carbons (Fsp3) is 0.357. The molecule has 0 bridgehead atoms. The molecule has 0 radical (unpaired) electrons. The first-order chi connectivity index (χ1) is 19.1. The van der Waals surface area contributed by atoms with Gasteiger partial charge in [0.25, 0.3) is 11.8 Å². The molecule has 12 heteroatoms. The molecule has 0 aliphatic carbocycles. The second-order valence-corrected chi connectivity index (χ2v) is 10.3. The third-order valence-corrected chi connectivity index (χ3v) is 7.47. The minimum atomic E-state index is -1.16. The second-order valence-electron chi connectivity index (χ2n) is 9.56. The average molecular weight is 568 g/mol. The molecular formula is C28H33N5O6S. The number of benzene rings is 2. The molecule has 0 saturated carbocycles. The lowest BCUT2D eigenvalue weighted by atomic mass is 10.0. The maximum Gasteiger partial charge on any atom is 0.273 e. The number of carbonyl (C=O) groups is 3. The van der Waals surface area contributed by atoms with Crippen molar-refractivity contribution in [1.29, 1.82) is 0 Å². The summed E-state index contributed by atoms with van der Waals surface area (Å²) in [5.74, 6) is -1.05. The van der Waals surface area contributed by atoms with Crippen molar-refractivity contribution >= 4 is 40.6 Å². The van der Waals surface area contributed by atoms with Gasteiger partial charge in [0, 0.05) is 18.8 Å². The molecule has 212 valence electrons. The number of amides is 3. The van der Waals surface area contributed by atoms with Gasteiger partial charge in [0.2, 0.25) is 5.91 Å². The van der Waals surface area contributed by atoms with Crippen molar-refractivity contribution in [3.05, 3.63) is 63.7 Å². The fourth-order valence-electron chi connectivity index (χ4n) is 4.77. The monoisotopic (exact) mass is 567 g/mol. The number of nitrogens with zero attached hydrogens (tertiary/aromatic N) is 2. The van der Waals surface area contributed by atoms with Crippen molar-refractivity contribution < 1.29 is 28.6 Å². The molecule has 4 rings (SSSR count). The number of nitrogens with one attached hydrogen (secondary N) is 1. The van der Waals surface area contributed by atoms with Gasteiger partial charge in [0.15, 0.2) is 17.2 Å². The summed E-state index contributed by atoms with van der Waals surface area (Å²) in [7, 11) is 3.00. The summed E-state index contributed by atoms with van der Waals surface area (Å²) >= 11 is 0.752. The molecule has 40 heavy (non-hydrogen) atoms. The van der Waals surface area contributed by atoms with Crippen molar-refractivity contribution in [3.63, 3.8) is 0 Å². The third kappa shape index (κ3) is 6.02. The Balaban J connectivity index is 1.89. The lowest BCUT2D eigenvalue weighted by Crippen LogP contribution is -2.45. The van der Waals surface area contributed by atoms with E-state index in [1.807, 2.05) is 19.9 Å². The van der Waals surface area contributed by atoms with E-state index >= 15 is 0 Å². The van der Waals surface area contributed by atoms with Crippen LogP contribution in [-0.4, -0.2) is 55.6 Å². The van der Waals surface area contributed by atoms with Crippen molar-refractivity contribution in [3.8, 4) is 11.5 Å². The van der Waals surface area contributed by atoms with E-state index in [9.17, 15) is 14.4 Å². The molecule has 1 aromatic heterocycles. The molecule has 11 nitrogen and oxygen atoms in total. The molecule has 3 amide bonds. The second kappa shape index (κ2) is 12.3. The molecule has 3 aromatic rings. The topological polar surface area (TPSA) is 159 Å². The Labute approximate surface area is 236 Å². The van der Waals surface area contributed by atoms with Gasteiger partial charge in [-0.3, -0.25) is 19.3 Å². The number of aromatic nitrogens is 1. The van der Waals surface area contributed by atoms with Crippen LogP contribution in [-0.2, 0) is 9.53 Å². The van der Waals surface area contributed by atoms with Gasteiger partial charge >= 0.3 is 0 Å². The molecule has 1 fully saturated rings. The minimum absolute atomic E-state index is 0.00892. The van der Waals surface area contributed by atoms with Gasteiger partial charge in [-0.1, -0.05) is 12.1 Å². The van der Waals surface area contributed by atoms with Gasteiger partial charge in [-0.25, -0.2) is 0 Å². The standard InChI is InChI=1S/C28H33N5O6S/c1-15-10-16(2)12-18(11-15)33(28(36)25-22(29)23(26(30)34)32-40-25)24(27(35)31-14-19-6-5-9-39-19)17-7-8-20(37-3)21(13-17)38-4/h7-8,10-13,19,24H,5-6,9,14,29H2,1-4H3,(H2,30,34)(H,31,35)/t19-,24+/m0/s1. The Morgan fingerprint density at radius 2 is 1.82 bits per heavy atom. The van der Waals surface area contributed by atoms with Gasteiger partial charge in [0.05, 0.1) is 26.0 Å². The van der Waals surface area contributed by atoms with Crippen LogP contribution in [0.1, 0.15) is 55.7 Å². The Morgan fingerprint density at radius 1 is 1.12 bits per heavy atom. The number of aryl methyl sites for hydroxylation is 2. The van der Waals surface area contributed by atoms with E-state index in [0.29, 0.717) is 29.4 Å². The summed E-state index contributed by atoms with van der Waals surface area (Å²) in [6.45, 7) is 4.72. The predicted octanol–water partition coefficient (Wildman–Crippen LogP) is 3.14. The lowest BCUT2D eigenvalue weighted by Gasteiger charge is -2.32. The summed E-state index contributed by atoms with van der Waals surface area (Å²) in [4.78, 5) is 41.5. The Morgan fingerprint density at radius 3 is 2.40 bits per heavy atom. The summed E-state index contributed by atoms with van der Waals surface area (Å²) in [5, 5.41) is 2.97. The highest BCUT2D eigenvalue weighted by Crippen LogP contribution is 2.37. The van der Waals surface area contributed by atoms with E-state index < -0.39 is 23.8 Å². The van der Waals surface area contributed by atoms with Crippen molar-refractivity contribution in [2.45, 2.75) is 38.8 Å². The van der Waals surface area contributed by atoms with E-state index in [1.54, 1.807) is 30.3 Å². The highest BCUT2D eigenvalue weighted by molar-refractivity contribution is 7.09. The number of rotatable bonds is 10. The molecule has 1 saturated heterocycles. The highest BCUT2D eigenvalue weighted by Gasteiger charge is 2.37. The number of anilines is 2. The Bertz CT molecular complexity index is 1400. The van der Waals surface area contributed by atoms with Crippen LogP contribution >= 0.6 is 11.5 Å². The van der Waals surface area contributed by atoms with E-state index in [4.69, 9.17) is 25.7 Å².